The molecule has 30 heavy (non-hydrogen) atoms. The molecule has 0 amide bonds. The fourth-order valence-corrected chi connectivity index (χ4v) is 3.68. The summed E-state index contributed by atoms with van der Waals surface area (Å²) in [5, 5.41) is 10.9. The number of ketones is 1. The number of Topliss-reactive ketones (excluding diaryl/α,β-unsaturated/α-hetero) is 1. The third kappa shape index (κ3) is 4.31. The van der Waals surface area contributed by atoms with Crippen LogP contribution in [0, 0.1) is 17.2 Å². The van der Waals surface area contributed by atoms with Crippen molar-refractivity contribution in [2.24, 2.45) is 5.92 Å². The van der Waals surface area contributed by atoms with Gasteiger partial charge in [0, 0.05) is 24.8 Å². The monoisotopic (exact) mass is 399 g/mol. The Bertz CT molecular complexity index is 1110. The van der Waals surface area contributed by atoms with Crippen molar-refractivity contribution in [1.82, 2.24) is 4.98 Å². The van der Waals surface area contributed by atoms with Gasteiger partial charge in [-0.3, -0.25) is 9.59 Å². The fourth-order valence-electron chi connectivity index (χ4n) is 3.68. The van der Waals surface area contributed by atoms with Gasteiger partial charge in [-0.2, -0.15) is 5.26 Å². The molecular weight excluding hydrogens is 378 g/mol. The van der Waals surface area contributed by atoms with E-state index in [-0.39, 0.29) is 24.3 Å². The number of hydrogen-bond acceptors (Lipinski definition) is 6. The van der Waals surface area contributed by atoms with Crippen LogP contribution in [0.3, 0.4) is 0 Å². The summed E-state index contributed by atoms with van der Waals surface area (Å²) in [7, 11) is 0. The first-order valence-corrected chi connectivity index (χ1v) is 9.94. The lowest BCUT2D eigenvalue weighted by atomic mass is 9.97. The molecule has 0 atom stereocenters. The number of benzene rings is 2. The lowest BCUT2D eigenvalue weighted by molar-refractivity contribution is -0.148. The van der Waals surface area contributed by atoms with E-state index < -0.39 is 0 Å². The topological polar surface area (TPSA) is 83.3 Å². The van der Waals surface area contributed by atoms with Crippen molar-refractivity contribution in [1.29, 1.82) is 5.26 Å². The van der Waals surface area contributed by atoms with Gasteiger partial charge >= 0.3 is 5.97 Å². The molecule has 0 bridgehead atoms. The van der Waals surface area contributed by atoms with Crippen molar-refractivity contribution < 1.29 is 14.3 Å². The molecule has 0 N–H and O–H groups in total. The number of fused-ring (bicyclic) bond motifs is 1. The van der Waals surface area contributed by atoms with E-state index in [2.05, 4.69) is 16.0 Å². The van der Waals surface area contributed by atoms with Gasteiger partial charge in [-0.05, 0) is 41.8 Å². The predicted molar refractivity (Wildman–Crippen MR) is 113 cm³/mol. The van der Waals surface area contributed by atoms with Crippen LogP contribution in [0.5, 0.6) is 0 Å². The summed E-state index contributed by atoms with van der Waals surface area (Å²) >= 11 is 0. The minimum Gasteiger partial charge on any atom is -0.457 e. The molecule has 1 aliphatic rings. The van der Waals surface area contributed by atoms with Crippen LogP contribution >= 0.6 is 0 Å². The van der Waals surface area contributed by atoms with E-state index in [1.807, 2.05) is 42.5 Å². The van der Waals surface area contributed by atoms with Gasteiger partial charge in [0.2, 0.25) is 0 Å². The molecule has 1 aliphatic heterocycles. The Morgan fingerprint density at radius 2 is 1.83 bits per heavy atom. The highest BCUT2D eigenvalue weighted by Gasteiger charge is 2.27. The largest absolute Gasteiger partial charge is 0.457 e. The maximum absolute atomic E-state index is 12.4. The first-order valence-electron chi connectivity index (χ1n) is 9.94. The number of ether oxygens (including phenoxy) is 1. The van der Waals surface area contributed by atoms with Gasteiger partial charge < -0.3 is 9.64 Å². The van der Waals surface area contributed by atoms with Gasteiger partial charge in [-0.1, -0.05) is 36.4 Å². The Morgan fingerprint density at radius 1 is 1.07 bits per heavy atom. The van der Waals surface area contributed by atoms with E-state index in [1.54, 1.807) is 18.3 Å². The van der Waals surface area contributed by atoms with Crippen LogP contribution in [0.2, 0.25) is 0 Å². The zero-order valence-corrected chi connectivity index (χ0v) is 16.5. The van der Waals surface area contributed by atoms with Crippen molar-refractivity contribution in [3.05, 3.63) is 71.9 Å². The highest BCUT2D eigenvalue weighted by molar-refractivity contribution is 6.01. The highest BCUT2D eigenvalue weighted by Crippen LogP contribution is 2.23. The van der Waals surface area contributed by atoms with E-state index in [9.17, 15) is 9.59 Å². The van der Waals surface area contributed by atoms with Crippen LogP contribution in [0.25, 0.3) is 10.8 Å². The predicted octanol–water partition coefficient (Wildman–Crippen LogP) is 3.75. The van der Waals surface area contributed by atoms with Crippen molar-refractivity contribution in [3.63, 3.8) is 0 Å². The standard InChI is InChI=1S/C24H21N3O3/c25-14-17-5-8-23(26-15-17)27-11-9-19(10-12-27)24(29)30-16-22(28)21-7-6-18-3-1-2-4-20(18)13-21/h1-8,13,15,19H,9-12,16H2. The number of rotatable bonds is 5. The first-order chi connectivity index (χ1) is 14.6. The van der Waals surface area contributed by atoms with Gasteiger partial charge in [0.25, 0.3) is 0 Å². The lowest BCUT2D eigenvalue weighted by Crippen LogP contribution is -2.37. The molecule has 150 valence electrons. The normalized spacial score (nSPS) is 14.3. The van der Waals surface area contributed by atoms with Gasteiger partial charge in [0.15, 0.2) is 12.4 Å². The Kier molecular flexibility index (Phi) is 5.71. The van der Waals surface area contributed by atoms with Gasteiger partial charge in [0.05, 0.1) is 11.5 Å². The Labute approximate surface area is 174 Å². The third-order valence-corrected chi connectivity index (χ3v) is 5.45. The summed E-state index contributed by atoms with van der Waals surface area (Å²) in [6, 6.07) is 18.9. The molecule has 2 heterocycles. The smallest absolute Gasteiger partial charge is 0.309 e. The van der Waals surface area contributed by atoms with Crippen LogP contribution in [0.1, 0.15) is 28.8 Å². The summed E-state index contributed by atoms with van der Waals surface area (Å²) < 4.78 is 5.32. The second kappa shape index (κ2) is 8.75. The number of nitrogens with zero attached hydrogens (tertiary/aromatic N) is 3. The summed E-state index contributed by atoms with van der Waals surface area (Å²) in [4.78, 5) is 31.3. The van der Waals surface area contributed by atoms with E-state index >= 15 is 0 Å². The molecule has 1 saturated heterocycles. The SMILES string of the molecule is N#Cc1ccc(N2CCC(C(=O)OCC(=O)c3ccc4ccccc4c3)CC2)nc1. The molecule has 2 aromatic carbocycles. The number of carbonyl (C=O) groups is 2. The third-order valence-electron chi connectivity index (χ3n) is 5.45. The van der Waals surface area contributed by atoms with Gasteiger partial charge in [-0.25, -0.2) is 4.98 Å². The van der Waals surface area contributed by atoms with Crippen LogP contribution in [-0.2, 0) is 9.53 Å². The molecule has 1 fully saturated rings. The number of anilines is 1. The van der Waals surface area contributed by atoms with Crippen molar-refractivity contribution >= 4 is 28.3 Å². The van der Waals surface area contributed by atoms with Gasteiger partial charge in [-0.15, -0.1) is 0 Å². The summed E-state index contributed by atoms with van der Waals surface area (Å²) in [6.45, 7) is 1.11. The summed E-state index contributed by atoms with van der Waals surface area (Å²) in [5.41, 5.74) is 1.07. The van der Waals surface area contributed by atoms with Crippen LogP contribution < -0.4 is 4.90 Å². The number of pyridine rings is 1. The quantitative estimate of drug-likeness (QED) is 0.480. The zero-order valence-electron chi connectivity index (χ0n) is 16.5. The van der Waals surface area contributed by atoms with Crippen LogP contribution in [0.4, 0.5) is 5.82 Å². The molecule has 3 aromatic rings. The number of aromatic nitrogens is 1. The van der Waals surface area contributed by atoms with Crippen molar-refractivity contribution in [2.75, 3.05) is 24.6 Å². The van der Waals surface area contributed by atoms with E-state index in [4.69, 9.17) is 10.00 Å². The molecule has 0 saturated carbocycles. The number of carbonyl (C=O) groups excluding carboxylic acids is 2. The highest BCUT2D eigenvalue weighted by atomic mass is 16.5. The second-order valence-electron chi connectivity index (χ2n) is 7.37. The zero-order chi connectivity index (χ0) is 20.9. The molecule has 0 radical (unpaired) electrons. The number of nitriles is 1. The molecule has 6 heteroatoms. The lowest BCUT2D eigenvalue weighted by Gasteiger charge is -2.31. The van der Waals surface area contributed by atoms with Gasteiger partial charge in [0.1, 0.15) is 11.9 Å². The number of esters is 1. The molecule has 6 nitrogen and oxygen atoms in total. The molecule has 1 aromatic heterocycles. The minimum atomic E-state index is -0.323. The van der Waals surface area contributed by atoms with Crippen LogP contribution in [-0.4, -0.2) is 36.4 Å². The minimum absolute atomic E-state index is 0.201. The van der Waals surface area contributed by atoms with E-state index in [1.165, 1.54) is 0 Å². The number of hydrogen-bond donors (Lipinski definition) is 0. The Balaban J connectivity index is 1.29. The van der Waals surface area contributed by atoms with Crippen molar-refractivity contribution in [3.8, 4) is 6.07 Å². The Morgan fingerprint density at radius 3 is 2.53 bits per heavy atom. The first kappa shape index (κ1) is 19.6. The average Bonchev–Trinajstić information content (AvgIpc) is 2.82. The molecule has 4 rings (SSSR count). The molecule has 0 spiro atoms. The maximum atomic E-state index is 12.4. The second-order valence-corrected chi connectivity index (χ2v) is 7.37. The van der Waals surface area contributed by atoms with Crippen molar-refractivity contribution in [2.45, 2.75) is 12.8 Å². The summed E-state index contributed by atoms with van der Waals surface area (Å²) in [6.07, 6.45) is 2.84. The number of piperidine rings is 1. The molecule has 0 aliphatic carbocycles. The van der Waals surface area contributed by atoms with E-state index in [0.717, 1.165) is 16.6 Å². The molecular formula is C24H21N3O3. The fraction of sp³-hybridized carbons (Fsp3) is 0.250. The molecule has 0 unspecified atom stereocenters. The Hall–Kier alpha value is -3.72. The average molecular weight is 399 g/mol. The summed E-state index contributed by atoms with van der Waals surface area (Å²) in [5.74, 6) is 0.0567. The van der Waals surface area contributed by atoms with E-state index in [0.29, 0.717) is 37.1 Å². The maximum Gasteiger partial charge on any atom is 0.309 e. The van der Waals surface area contributed by atoms with Crippen LogP contribution in [0.15, 0.2) is 60.8 Å².